The number of aryl methyl sites for hydroxylation is 1. The van der Waals surface area contributed by atoms with Crippen molar-refractivity contribution in [3.05, 3.63) is 35.1 Å². The average molecular weight is 264 g/mol. The number of carbonyl (C=O) groups excluding carboxylic acids is 1. The molecule has 0 spiro atoms. The number of halogens is 1. The minimum absolute atomic E-state index is 0.0827. The second-order valence-corrected chi connectivity index (χ2v) is 5.44. The molecule has 1 aliphatic rings. The molecule has 1 aliphatic heterocycles. The Morgan fingerprint density at radius 3 is 2.74 bits per heavy atom. The van der Waals surface area contributed by atoms with Crippen LogP contribution < -0.4 is 0 Å². The monoisotopic (exact) mass is 264 g/mol. The summed E-state index contributed by atoms with van der Waals surface area (Å²) in [6.07, 6.45) is 1.07. The van der Waals surface area contributed by atoms with E-state index in [2.05, 4.69) is 9.80 Å². The van der Waals surface area contributed by atoms with Crippen LogP contribution in [0.1, 0.15) is 22.3 Å². The Balaban J connectivity index is 2.23. The highest BCUT2D eigenvalue weighted by atomic mass is 19.1. The summed E-state index contributed by atoms with van der Waals surface area (Å²) < 4.78 is 13.3. The molecule has 0 radical (unpaired) electrons. The highest BCUT2D eigenvalue weighted by molar-refractivity contribution is 6.00. The van der Waals surface area contributed by atoms with E-state index in [1.165, 1.54) is 6.07 Å². The molecule has 0 bridgehead atoms. The third-order valence-corrected chi connectivity index (χ3v) is 3.81. The van der Waals surface area contributed by atoms with E-state index in [1.807, 2.05) is 14.1 Å². The van der Waals surface area contributed by atoms with E-state index in [-0.39, 0.29) is 17.6 Å². The fourth-order valence-electron chi connectivity index (χ4n) is 2.55. The molecular formula is C15H21FN2O. The largest absolute Gasteiger partial charge is 0.304 e. The predicted molar refractivity (Wildman–Crippen MR) is 74.0 cm³/mol. The summed E-state index contributed by atoms with van der Waals surface area (Å²) in [5, 5.41) is 0. The Morgan fingerprint density at radius 1 is 1.32 bits per heavy atom. The van der Waals surface area contributed by atoms with Gasteiger partial charge in [0.15, 0.2) is 5.78 Å². The lowest BCUT2D eigenvalue weighted by molar-refractivity contribution is 0.0839. The lowest BCUT2D eigenvalue weighted by atomic mass is 10.0. The van der Waals surface area contributed by atoms with Crippen molar-refractivity contribution in [1.29, 1.82) is 0 Å². The Hall–Kier alpha value is -1.26. The van der Waals surface area contributed by atoms with Crippen LogP contribution in [0.25, 0.3) is 0 Å². The maximum Gasteiger partial charge on any atom is 0.181 e. The summed E-state index contributed by atoms with van der Waals surface area (Å²) in [5.74, 6) is -0.178. The Labute approximate surface area is 114 Å². The number of hydrogen-bond donors (Lipinski definition) is 0. The molecule has 1 heterocycles. The van der Waals surface area contributed by atoms with Gasteiger partial charge in [-0.25, -0.2) is 4.39 Å². The molecule has 1 saturated heterocycles. The van der Waals surface area contributed by atoms with Crippen molar-refractivity contribution in [3.8, 4) is 0 Å². The van der Waals surface area contributed by atoms with E-state index >= 15 is 0 Å². The quantitative estimate of drug-likeness (QED) is 0.763. The van der Waals surface area contributed by atoms with Crippen LogP contribution in [0.4, 0.5) is 4.39 Å². The van der Waals surface area contributed by atoms with E-state index in [4.69, 9.17) is 0 Å². The molecule has 0 aliphatic carbocycles. The lowest BCUT2D eigenvalue weighted by Crippen LogP contribution is -2.43. The number of Topliss-reactive ketones (excluding diaryl/α,β-unsaturated/α-hetero) is 1. The van der Waals surface area contributed by atoms with Crippen molar-refractivity contribution < 1.29 is 9.18 Å². The van der Waals surface area contributed by atoms with Crippen molar-refractivity contribution >= 4 is 5.78 Å². The van der Waals surface area contributed by atoms with Crippen molar-refractivity contribution in [3.63, 3.8) is 0 Å². The fraction of sp³-hybridized carbons (Fsp3) is 0.533. The summed E-state index contributed by atoms with van der Waals surface area (Å²) in [7, 11) is 4.02. The van der Waals surface area contributed by atoms with Crippen LogP contribution in [0.5, 0.6) is 0 Å². The van der Waals surface area contributed by atoms with Gasteiger partial charge in [0.1, 0.15) is 5.82 Å². The van der Waals surface area contributed by atoms with Gasteiger partial charge in [-0.1, -0.05) is 0 Å². The van der Waals surface area contributed by atoms with Crippen LogP contribution in [0.3, 0.4) is 0 Å². The van der Waals surface area contributed by atoms with Gasteiger partial charge in [0.2, 0.25) is 0 Å². The zero-order chi connectivity index (χ0) is 14.0. The van der Waals surface area contributed by atoms with E-state index in [9.17, 15) is 9.18 Å². The van der Waals surface area contributed by atoms with Crippen LogP contribution in [-0.2, 0) is 0 Å². The maximum absolute atomic E-state index is 13.3. The standard InChI is InChI=1S/C15H21FN2O/c1-11-9-12(5-6-13(11)16)15(19)14-10-17(2)7-4-8-18(14)3/h5-6,9,14H,4,7-8,10H2,1-3H3. The molecule has 3 nitrogen and oxygen atoms in total. The smallest absolute Gasteiger partial charge is 0.181 e. The minimum Gasteiger partial charge on any atom is -0.304 e. The van der Waals surface area contributed by atoms with Crippen molar-refractivity contribution in [1.82, 2.24) is 9.80 Å². The zero-order valence-corrected chi connectivity index (χ0v) is 11.8. The van der Waals surface area contributed by atoms with E-state index in [0.717, 1.165) is 26.1 Å². The molecule has 1 aromatic rings. The summed E-state index contributed by atoms with van der Waals surface area (Å²) in [4.78, 5) is 16.9. The van der Waals surface area contributed by atoms with E-state index in [1.54, 1.807) is 19.1 Å². The van der Waals surface area contributed by atoms with Crippen molar-refractivity contribution in [2.45, 2.75) is 19.4 Å². The Morgan fingerprint density at radius 2 is 2.05 bits per heavy atom. The van der Waals surface area contributed by atoms with E-state index in [0.29, 0.717) is 11.1 Å². The van der Waals surface area contributed by atoms with Gasteiger partial charge in [0.05, 0.1) is 6.04 Å². The predicted octanol–water partition coefficient (Wildman–Crippen LogP) is 1.95. The first-order chi connectivity index (χ1) is 8.99. The molecule has 4 heteroatoms. The minimum atomic E-state index is -0.261. The molecule has 0 saturated carbocycles. The first-order valence-electron chi connectivity index (χ1n) is 6.68. The summed E-state index contributed by atoms with van der Waals surface area (Å²) in [6, 6.07) is 4.47. The maximum atomic E-state index is 13.3. The third-order valence-electron chi connectivity index (χ3n) is 3.81. The SMILES string of the molecule is Cc1cc(C(=O)C2CN(C)CCCN2C)ccc1F. The number of rotatable bonds is 2. The number of benzene rings is 1. The van der Waals surface area contributed by atoms with E-state index < -0.39 is 0 Å². The number of likely N-dealkylation sites (N-methyl/N-ethyl adjacent to an activating group) is 2. The third kappa shape index (κ3) is 3.19. The molecule has 1 fully saturated rings. The normalized spacial score (nSPS) is 22.2. The van der Waals surface area contributed by atoms with Crippen LogP contribution in [0, 0.1) is 12.7 Å². The summed E-state index contributed by atoms with van der Waals surface area (Å²) in [6.45, 7) is 4.35. The molecule has 1 atom stereocenters. The second kappa shape index (κ2) is 5.80. The zero-order valence-electron chi connectivity index (χ0n) is 11.8. The molecule has 1 unspecified atom stereocenters. The molecular weight excluding hydrogens is 243 g/mol. The topological polar surface area (TPSA) is 23.6 Å². The van der Waals surface area contributed by atoms with Gasteiger partial charge in [0.25, 0.3) is 0 Å². The highest BCUT2D eigenvalue weighted by Gasteiger charge is 2.27. The average Bonchev–Trinajstić information content (AvgIpc) is 2.54. The highest BCUT2D eigenvalue weighted by Crippen LogP contribution is 2.15. The fourth-order valence-corrected chi connectivity index (χ4v) is 2.55. The van der Waals surface area contributed by atoms with Crippen molar-refractivity contribution in [2.75, 3.05) is 33.7 Å². The van der Waals surface area contributed by atoms with Crippen LogP contribution in [0.15, 0.2) is 18.2 Å². The van der Waals surface area contributed by atoms with Gasteiger partial charge < -0.3 is 4.90 Å². The molecule has 1 aromatic carbocycles. The number of nitrogens with zero attached hydrogens (tertiary/aromatic N) is 2. The first-order valence-corrected chi connectivity index (χ1v) is 6.68. The number of ketones is 1. The van der Waals surface area contributed by atoms with Gasteiger partial charge in [-0.2, -0.15) is 0 Å². The molecule has 0 aromatic heterocycles. The first kappa shape index (κ1) is 14.2. The molecule has 19 heavy (non-hydrogen) atoms. The van der Waals surface area contributed by atoms with Gasteiger partial charge in [-0.05, 0) is 64.3 Å². The van der Waals surface area contributed by atoms with Gasteiger partial charge in [-0.15, -0.1) is 0 Å². The summed E-state index contributed by atoms with van der Waals surface area (Å²) >= 11 is 0. The lowest BCUT2D eigenvalue weighted by Gasteiger charge is -2.26. The summed E-state index contributed by atoms with van der Waals surface area (Å²) in [5.41, 5.74) is 1.13. The number of hydrogen-bond acceptors (Lipinski definition) is 3. The van der Waals surface area contributed by atoms with Gasteiger partial charge in [0, 0.05) is 12.1 Å². The molecule has 104 valence electrons. The van der Waals surface area contributed by atoms with Gasteiger partial charge >= 0.3 is 0 Å². The van der Waals surface area contributed by atoms with Crippen LogP contribution in [-0.4, -0.2) is 55.4 Å². The molecule has 0 amide bonds. The Kier molecular flexibility index (Phi) is 4.32. The van der Waals surface area contributed by atoms with Crippen LogP contribution in [0.2, 0.25) is 0 Å². The molecule has 2 rings (SSSR count). The number of carbonyl (C=O) groups is 1. The second-order valence-electron chi connectivity index (χ2n) is 5.44. The Bertz CT molecular complexity index is 475. The van der Waals surface area contributed by atoms with Gasteiger partial charge in [-0.3, -0.25) is 9.69 Å². The molecule has 0 N–H and O–H groups in total. The van der Waals surface area contributed by atoms with Crippen molar-refractivity contribution in [2.24, 2.45) is 0 Å². The van der Waals surface area contributed by atoms with Crippen LogP contribution >= 0.6 is 0 Å².